The zero-order chi connectivity index (χ0) is 14.0. The standard InChI is InChI=1S/C13H16F2N4/c1-3-19-13(12(16)8(2)18-19)17-7-9-4-5-10(14)11(15)6-9/h4-6,17H,3,7,16H2,1-2H3. The number of aryl methyl sites for hydroxylation is 2. The Balaban J connectivity index is 2.16. The maximum atomic E-state index is 13.1. The highest BCUT2D eigenvalue weighted by molar-refractivity contribution is 5.64. The Bertz CT molecular complexity index is 593. The smallest absolute Gasteiger partial charge is 0.159 e. The van der Waals surface area contributed by atoms with Crippen molar-refractivity contribution in [3.63, 3.8) is 0 Å². The van der Waals surface area contributed by atoms with Gasteiger partial charge in [0.2, 0.25) is 0 Å². The van der Waals surface area contributed by atoms with Crippen molar-refractivity contribution in [2.24, 2.45) is 0 Å². The van der Waals surface area contributed by atoms with Gasteiger partial charge in [-0.1, -0.05) is 6.07 Å². The Morgan fingerprint density at radius 3 is 2.68 bits per heavy atom. The molecule has 2 rings (SSSR count). The van der Waals surface area contributed by atoms with Crippen LogP contribution in [0.4, 0.5) is 20.3 Å². The number of nitrogens with two attached hydrogens (primary N) is 1. The van der Waals surface area contributed by atoms with Crippen LogP contribution < -0.4 is 11.1 Å². The number of halogens is 2. The minimum absolute atomic E-state index is 0.354. The highest BCUT2D eigenvalue weighted by Crippen LogP contribution is 2.22. The van der Waals surface area contributed by atoms with Gasteiger partial charge in [-0.2, -0.15) is 5.10 Å². The summed E-state index contributed by atoms with van der Waals surface area (Å²) >= 11 is 0. The number of benzene rings is 1. The van der Waals surface area contributed by atoms with E-state index in [1.165, 1.54) is 6.07 Å². The van der Waals surface area contributed by atoms with Crippen molar-refractivity contribution in [3.05, 3.63) is 41.1 Å². The zero-order valence-corrected chi connectivity index (χ0v) is 10.9. The van der Waals surface area contributed by atoms with Crippen LogP contribution >= 0.6 is 0 Å². The summed E-state index contributed by atoms with van der Waals surface area (Å²) in [5, 5.41) is 7.37. The van der Waals surface area contributed by atoms with Crippen LogP contribution in [0, 0.1) is 18.6 Å². The Hall–Kier alpha value is -2.11. The van der Waals surface area contributed by atoms with Gasteiger partial charge in [0.25, 0.3) is 0 Å². The first-order valence-electron chi connectivity index (χ1n) is 6.03. The van der Waals surface area contributed by atoms with Crippen molar-refractivity contribution in [3.8, 4) is 0 Å². The Kier molecular flexibility index (Phi) is 3.69. The third-order valence-corrected chi connectivity index (χ3v) is 2.92. The maximum absolute atomic E-state index is 13.1. The fourth-order valence-electron chi connectivity index (χ4n) is 1.85. The average Bonchev–Trinajstić information content (AvgIpc) is 2.67. The van der Waals surface area contributed by atoms with Crippen molar-refractivity contribution < 1.29 is 8.78 Å². The molecule has 0 spiro atoms. The normalized spacial score (nSPS) is 10.7. The molecule has 0 atom stereocenters. The third kappa shape index (κ3) is 2.67. The number of anilines is 2. The molecule has 0 unspecified atom stereocenters. The van der Waals surface area contributed by atoms with Crippen molar-refractivity contribution in [2.45, 2.75) is 26.9 Å². The first-order valence-corrected chi connectivity index (χ1v) is 6.03. The molecule has 0 bridgehead atoms. The van der Waals surface area contributed by atoms with Gasteiger partial charge in [0.15, 0.2) is 11.6 Å². The molecule has 3 N–H and O–H groups in total. The van der Waals surface area contributed by atoms with Gasteiger partial charge < -0.3 is 11.1 Å². The lowest BCUT2D eigenvalue weighted by Gasteiger charge is -2.09. The molecule has 0 aliphatic carbocycles. The second kappa shape index (κ2) is 5.26. The monoisotopic (exact) mass is 266 g/mol. The number of rotatable bonds is 4. The summed E-state index contributed by atoms with van der Waals surface area (Å²) in [7, 11) is 0. The predicted molar refractivity (Wildman–Crippen MR) is 70.7 cm³/mol. The molecule has 102 valence electrons. The summed E-state index contributed by atoms with van der Waals surface area (Å²) in [6.07, 6.45) is 0. The molecule has 1 heterocycles. The second-order valence-electron chi connectivity index (χ2n) is 4.27. The van der Waals surface area contributed by atoms with Crippen LogP contribution in [0.25, 0.3) is 0 Å². The van der Waals surface area contributed by atoms with Gasteiger partial charge in [-0.25, -0.2) is 13.5 Å². The molecule has 0 saturated carbocycles. The summed E-state index contributed by atoms with van der Waals surface area (Å²) < 4.78 is 27.6. The number of nitrogens with zero attached hydrogens (tertiary/aromatic N) is 2. The van der Waals surface area contributed by atoms with E-state index in [9.17, 15) is 8.78 Å². The predicted octanol–water partition coefficient (Wildman–Crippen LogP) is 2.68. The van der Waals surface area contributed by atoms with Crippen LogP contribution in [-0.4, -0.2) is 9.78 Å². The molecule has 0 radical (unpaired) electrons. The molecule has 0 fully saturated rings. The summed E-state index contributed by atoms with van der Waals surface area (Å²) in [5.74, 6) is -1.00. The molecule has 4 nitrogen and oxygen atoms in total. The van der Waals surface area contributed by atoms with Gasteiger partial charge in [0, 0.05) is 13.1 Å². The molecular weight excluding hydrogens is 250 g/mol. The lowest BCUT2D eigenvalue weighted by Crippen LogP contribution is -2.08. The van der Waals surface area contributed by atoms with Gasteiger partial charge in [-0.3, -0.25) is 0 Å². The first kappa shape index (κ1) is 13.3. The van der Waals surface area contributed by atoms with E-state index in [0.717, 1.165) is 17.8 Å². The number of aromatic nitrogens is 2. The molecule has 1 aromatic heterocycles. The largest absolute Gasteiger partial charge is 0.394 e. The van der Waals surface area contributed by atoms with Crippen LogP contribution in [0.3, 0.4) is 0 Å². The van der Waals surface area contributed by atoms with Gasteiger partial charge in [0.05, 0.1) is 11.4 Å². The molecule has 0 aliphatic heterocycles. The molecule has 0 amide bonds. The van der Waals surface area contributed by atoms with Crippen LogP contribution in [0.15, 0.2) is 18.2 Å². The van der Waals surface area contributed by atoms with E-state index in [0.29, 0.717) is 30.2 Å². The summed E-state index contributed by atoms with van der Waals surface area (Å²) in [5.41, 5.74) is 7.87. The fourth-order valence-corrected chi connectivity index (χ4v) is 1.85. The van der Waals surface area contributed by atoms with Gasteiger partial charge in [-0.15, -0.1) is 0 Å². The Morgan fingerprint density at radius 1 is 1.32 bits per heavy atom. The number of nitrogens with one attached hydrogen (secondary N) is 1. The number of hydrogen-bond donors (Lipinski definition) is 2. The molecule has 0 aliphatic rings. The SMILES string of the molecule is CCn1nc(C)c(N)c1NCc1ccc(F)c(F)c1. The molecule has 0 saturated heterocycles. The van der Waals surface area contributed by atoms with Crippen molar-refractivity contribution in [1.82, 2.24) is 9.78 Å². The van der Waals surface area contributed by atoms with E-state index in [-0.39, 0.29) is 0 Å². The van der Waals surface area contributed by atoms with Gasteiger partial charge in [-0.05, 0) is 31.5 Å². The van der Waals surface area contributed by atoms with Gasteiger partial charge in [0.1, 0.15) is 5.82 Å². The molecule has 2 aromatic rings. The van der Waals surface area contributed by atoms with E-state index in [4.69, 9.17) is 5.73 Å². The van der Waals surface area contributed by atoms with E-state index in [1.54, 1.807) is 4.68 Å². The summed E-state index contributed by atoms with van der Waals surface area (Å²) in [6, 6.07) is 3.80. The van der Waals surface area contributed by atoms with Crippen molar-refractivity contribution >= 4 is 11.5 Å². The van der Waals surface area contributed by atoms with Crippen LogP contribution in [0.1, 0.15) is 18.2 Å². The lowest BCUT2D eigenvalue weighted by molar-refractivity contribution is 0.507. The Morgan fingerprint density at radius 2 is 2.05 bits per heavy atom. The van der Waals surface area contributed by atoms with Crippen molar-refractivity contribution in [2.75, 3.05) is 11.1 Å². The van der Waals surface area contributed by atoms with E-state index >= 15 is 0 Å². The third-order valence-electron chi connectivity index (χ3n) is 2.92. The summed E-state index contributed by atoms with van der Waals surface area (Å²) in [4.78, 5) is 0. The Labute approximate surface area is 110 Å². The second-order valence-corrected chi connectivity index (χ2v) is 4.27. The molecule has 19 heavy (non-hydrogen) atoms. The topological polar surface area (TPSA) is 55.9 Å². The lowest BCUT2D eigenvalue weighted by atomic mass is 10.2. The summed E-state index contributed by atoms with van der Waals surface area (Å²) in [6.45, 7) is 4.81. The van der Waals surface area contributed by atoms with Crippen LogP contribution in [0.5, 0.6) is 0 Å². The highest BCUT2D eigenvalue weighted by Gasteiger charge is 2.11. The fraction of sp³-hybridized carbons (Fsp3) is 0.308. The highest BCUT2D eigenvalue weighted by atomic mass is 19.2. The molecule has 6 heteroatoms. The average molecular weight is 266 g/mol. The van der Waals surface area contributed by atoms with E-state index < -0.39 is 11.6 Å². The van der Waals surface area contributed by atoms with E-state index in [2.05, 4.69) is 10.4 Å². The van der Waals surface area contributed by atoms with Crippen molar-refractivity contribution in [1.29, 1.82) is 0 Å². The van der Waals surface area contributed by atoms with Crippen LogP contribution in [0.2, 0.25) is 0 Å². The number of nitrogen functional groups attached to an aromatic ring is 1. The first-order chi connectivity index (χ1) is 9.02. The minimum Gasteiger partial charge on any atom is -0.394 e. The molecular formula is C13H16F2N4. The maximum Gasteiger partial charge on any atom is 0.159 e. The van der Waals surface area contributed by atoms with Crippen LogP contribution in [-0.2, 0) is 13.1 Å². The van der Waals surface area contributed by atoms with E-state index in [1.807, 2.05) is 13.8 Å². The zero-order valence-electron chi connectivity index (χ0n) is 10.9. The minimum atomic E-state index is -0.854. The molecule has 1 aromatic carbocycles. The number of hydrogen-bond acceptors (Lipinski definition) is 3. The van der Waals surface area contributed by atoms with Gasteiger partial charge >= 0.3 is 0 Å². The quantitative estimate of drug-likeness (QED) is 0.894.